The second-order valence-electron chi connectivity index (χ2n) is 4.68. The fourth-order valence-electron chi connectivity index (χ4n) is 2.18. The van der Waals surface area contributed by atoms with Gasteiger partial charge in [0, 0.05) is 12.8 Å². The summed E-state index contributed by atoms with van der Waals surface area (Å²) < 4.78 is 5.55. The number of nitrogens with two attached hydrogens (primary N) is 1. The number of methoxy groups -OCH3 is 1. The molecule has 2 rings (SSSR count). The van der Waals surface area contributed by atoms with Gasteiger partial charge in [-0.15, -0.1) is 0 Å². The van der Waals surface area contributed by atoms with Crippen molar-refractivity contribution in [1.82, 2.24) is 0 Å². The first-order valence-electron chi connectivity index (χ1n) is 6.42. The van der Waals surface area contributed by atoms with Gasteiger partial charge in [0.15, 0.2) is 0 Å². The Morgan fingerprint density at radius 2 is 1.90 bits per heavy atom. The van der Waals surface area contributed by atoms with Gasteiger partial charge in [-0.1, -0.05) is 41.4 Å². The Labute approximate surface area is 129 Å². The average molecular weight is 310 g/mol. The molecule has 0 saturated carbocycles. The Morgan fingerprint density at radius 1 is 1.10 bits per heavy atom. The van der Waals surface area contributed by atoms with Gasteiger partial charge in [0.25, 0.3) is 0 Å². The Hall–Kier alpha value is -1.22. The van der Waals surface area contributed by atoms with E-state index in [4.69, 9.17) is 33.7 Å². The van der Waals surface area contributed by atoms with Gasteiger partial charge in [-0.2, -0.15) is 0 Å². The van der Waals surface area contributed by atoms with Crippen LogP contribution < -0.4 is 5.73 Å². The Bertz CT molecular complexity index is 586. The highest BCUT2D eigenvalue weighted by molar-refractivity contribution is 6.42. The van der Waals surface area contributed by atoms with Crippen molar-refractivity contribution in [3.63, 3.8) is 0 Å². The van der Waals surface area contributed by atoms with Gasteiger partial charge in [0.2, 0.25) is 0 Å². The fraction of sp³-hybridized carbons (Fsp3) is 0.250. The molecule has 2 aromatic carbocycles. The van der Waals surface area contributed by atoms with E-state index in [1.807, 2.05) is 30.3 Å². The molecule has 106 valence electrons. The van der Waals surface area contributed by atoms with Crippen LogP contribution in [0.1, 0.15) is 23.7 Å². The van der Waals surface area contributed by atoms with Crippen molar-refractivity contribution in [2.75, 3.05) is 12.8 Å². The van der Waals surface area contributed by atoms with E-state index in [2.05, 4.69) is 6.07 Å². The van der Waals surface area contributed by atoms with Crippen molar-refractivity contribution >= 4 is 28.9 Å². The van der Waals surface area contributed by atoms with Crippen LogP contribution in [0, 0.1) is 0 Å². The predicted octanol–water partition coefficient (Wildman–Crippen LogP) is 4.90. The van der Waals surface area contributed by atoms with Gasteiger partial charge >= 0.3 is 0 Å². The van der Waals surface area contributed by atoms with Gasteiger partial charge < -0.3 is 10.5 Å². The zero-order valence-electron chi connectivity index (χ0n) is 11.3. The predicted molar refractivity (Wildman–Crippen MR) is 85.4 cm³/mol. The molecule has 0 aliphatic carbocycles. The molecule has 20 heavy (non-hydrogen) atoms. The highest BCUT2D eigenvalue weighted by atomic mass is 35.5. The van der Waals surface area contributed by atoms with Crippen LogP contribution >= 0.6 is 23.2 Å². The highest BCUT2D eigenvalue weighted by Crippen LogP contribution is 2.29. The number of aryl methyl sites for hydroxylation is 1. The summed E-state index contributed by atoms with van der Waals surface area (Å²) in [5.74, 6) is 0. The fourth-order valence-corrected chi connectivity index (χ4v) is 2.49. The van der Waals surface area contributed by atoms with Gasteiger partial charge in [-0.25, -0.2) is 0 Å². The maximum absolute atomic E-state index is 6.05. The number of halogens is 2. The molecular weight excluding hydrogens is 293 g/mol. The summed E-state index contributed by atoms with van der Waals surface area (Å²) >= 11 is 12.0. The Balaban J connectivity index is 2.07. The molecule has 2 N–H and O–H groups in total. The molecule has 4 heteroatoms. The first-order valence-corrected chi connectivity index (χ1v) is 7.18. The van der Waals surface area contributed by atoms with Crippen LogP contribution in [0.3, 0.4) is 0 Å². The van der Waals surface area contributed by atoms with Crippen LogP contribution in [0.2, 0.25) is 10.0 Å². The van der Waals surface area contributed by atoms with Crippen molar-refractivity contribution in [3.8, 4) is 0 Å². The molecular formula is C16H17Cl2NO. The summed E-state index contributed by atoms with van der Waals surface area (Å²) in [7, 11) is 1.70. The standard InChI is InChI=1S/C16H17Cl2NO/c1-20-16(12-6-7-14(17)15(18)10-12)8-5-11-3-2-4-13(19)9-11/h2-4,6-7,9-10,16H,5,8,19H2,1H3. The van der Waals surface area contributed by atoms with Crippen LogP contribution in [0.4, 0.5) is 5.69 Å². The first-order chi connectivity index (χ1) is 9.60. The van der Waals surface area contributed by atoms with E-state index in [0.717, 1.165) is 24.1 Å². The minimum atomic E-state index is -0.00815. The summed E-state index contributed by atoms with van der Waals surface area (Å²) in [4.78, 5) is 0. The topological polar surface area (TPSA) is 35.2 Å². The third-order valence-corrected chi connectivity index (χ3v) is 3.99. The number of anilines is 1. The zero-order chi connectivity index (χ0) is 14.5. The van der Waals surface area contributed by atoms with E-state index in [1.165, 1.54) is 5.56 Å². The van der Waals surface area contributed by atoms with Crippen molar-refractivity contribution < 1.29 is 4.74 Å². The van der Waals surface area contributed by atoms with Crippen molar-refractivity contribution in [2.45, 2.75) is 18.9 Å². The van der Waals surface area contributed by atoms with Gasteiger partial charge in [-0.3, -0.25) is 0 Å². The van der Waals surface area contributed by atoms with E-state index in [9.17, 15) is 0 Å². The smallest absolute Gasteiger partial charge is 0.0824 e. The number of hydrogen-bond acceptors (Lipinski definition) is 2. The lowest BCUT2D eigenvalue weighted by Gasteiger charge is -2.16. The van der Waals surface area contributed by atoms with Crippen LogP contribution in [0.25, 0.3) is 0 Å². The minimum Gasteiger partial charge on any atom is -0.399 e. The normalized spacial score (nSPS) is 12.3. The molecule has 0 aliphatic heterocycles. The van der Waals surface area contributed by atoms with Crippen LogP contribution in [-0.4, -0.2) is 7.11 Å². The van der Waals surface area contributed by atoms with Crippen LogP contribution in [0.5, 0.6) is 0 Å². The molecule has 0 fully saturated rings. The van der Waals surface area contributed by atoms with E-state index in [-0.39, 0.29) is 6.10 Å². The molecule has 2 nitrogen and oxygen atoms in total. The molecule has 0 aliphatic rings. The molecule has 0 spiro atoms. The maximum Gasteiger partial charge on any atom is 0.0824 e. The number of ether oxygens (including phenoxy) is 1. The molecule has 0 radical (unpaired) electrons. The number of benzene rings is 2. The molecule has 0 amide bonds. The highest BCUT2D eigenvalue weighted by Gasteiger charge is 2.12. The Morgan fingerprint density at radius 3 is 2.55 bits per heavy atom. The minimum absolute atomic E-state index is 0.00815. The van der Waals surface area contributed by atoms with E-state index >= 15 is 0 Å². The zero-order valence-corrected chi connectivity index (χ0v) is 12.8. The lowest BCUT2D eigenvalue weighted by Crippen LogP contribution is -2.03. The largest absolute Gasteiger partial charge is 0.399 e. The molecule has 0 aromatic heterocycles. The second kappa shape index (κ2) is 6.98. The van der Waals surface area contributed by atoms with Gasteiger partial charge in [0.1, 0.15) is 0 Å². The van der Waals surface area contributed by atoms with Gasteiger partial charge in [-0.05, 0) is 48.2 Å². The molecule has 2 aromatic rings. The first kappa shape index (κ1) is 15.2. The molecule has 0 bridgehead atoms. The number of rotatable bonds is 5. The van der Waals surface area contributed by atoms with E-state index in [0.29, 0.717) is 10.0 Å². The second-order valence-corrected chi connectivity index (χ2v) is 5.50. The van der Waals surface area contributed by atoms with Crippen LogP contribution in [-0.2, 0) is 11.2 Å². The van der Waals surface area contributed by atoms with Gasteiger partial charge in [0.05, 0.1) is 16.1 Å². The Kier molecular flexibility index (Phi) is 5.30. The quantitative estimate of drug-likeness (QED) is 0.798. The summed E-state index contributed by atoms with van der Waals surface area (Å²) in [5, 5.41) is 1.11. The molecule has 0 saturated heterocycles. The maximum atomic E-state index is 6.05. The number of hydrogen-bond donors (Lipinski definition) is 1. The van der Waals surface area contributed by atoms with Crippen molar-refractivity contribution in [2.24, 2.45) is 0 Å². The summed E-state index contributed by atoms with van der Waals surface area (Å²) in [5.41, 5.74) is 8.80. The number of nitrogen functional groups attached to an aromatic ring is 1. The lowest BCUT2D eigenvalue weighted by atomic mass is 10.0. The van der Waals surface area contributed by atoms with Crippen molar-refractivity contribution in [1.29, 1.82) is 0 Å². The third kappa shape index (κ3) is 3.89. The van der Waals surface area contributed by atoms with Crippen LogP contribution in [0.15, 0.2) is 42.5 Å². The summed E-state index contributed by atoms with van der Waals surface area (Å²) in [6, 6.07) is 13.5. The lowest BCUT2D eigenvalue weighted by molar-refractivity contribution is 0.0959. The SMILES string of the molecule is COC(CCc1cccc(N)c1)c1ccc(Cl)c(Cl)c1. The van der Waals surface area contributed by atoms with Crippen molar-refractivity contribution in [3.05, 3.63) is 63.6 Å². The molecule has 1 atom stereocenters. The molecule has 0 heterocycles. The van der Waals surface area contributed by atoms with E-state index < -0.39 is 0 Å². The third-order valence-electron chi connectivity index (χ3n) is 3.25. The summed E-state index contributed by atoms with van der Waals surface area (Å²) in [6.07, 6.45) is 1.74. The summed E-state index contributed by atoms with van der Waals surface area (Å²) in [6.45, 7) is 0. The average Bonchev–Trinajstić information content (AvgIpc) is 2.43. The molecule has 1 unspecified atom stereocenters. The van der Waals surface area contributed by atoms with E-state index in [1.54, 1.807) is 13.2 Å². The monoisotopic (exact) mass is 309 g/mol.